The molecule has 2 rings (SSSR count). The van der Waals surface area contributed by atoms with Crippen molar-refractivity contribution in [2.24, 2.45) is 0 Å². The lowest BCUT2D eigenvalue weighted by molar-refractivity contribution is -0.905. The smallest absolute Gasteiger partial charge is 0.119 e. The van der Waals surface area contributed by atoms with Crippen LogP contribution in [0.2, 0.25) is 5.02 Å². The van der Waals surface area contributed by atoms with E-state index in [9.17, 15) is 0 Å². The maximum atomic E-state index is 5.82. The fraction of sp³-hybridized carbons (Fsp3) is 0.600. The Hall–Kier alpha value is -0.730. The molecule has 0 unspecified atom stereocenters. The predicted octanol–water partition coefficient (Wildman–Crippen LogP) is 2.57. The lowest BCUT2D eigenvalue weighted by atomic mass is 10.1. The van der Waals surface area contributed by atoms with E-state index in [1.54, 1.807) is 4.90 Å². The van der Waals surface area contributed by atoms with Crippen LogP contribution < -0.4 is 9.64 Å². The maximum absolute atomic E-state index is 5.82. The number of hydrogen-bond donors (Lipinski definition) is 1. The van der Waals surface area contributed by atoms with E-state index in [0.717, 1.165) is 23.8 Å². The Labute approximate surface area is 115 Å². The Morgan fingerprint density at radius 1 is 1.00 bits per heavy atom. The first-order valence-electron chi connectivity index (χ1n) is 7.06. The van der Waals surface area contributed by atoms with Crippen molar-refractivity contribution in [3.05, 3.63) is 29.3 Å². The van der Waals surface area contributed by atoms with Gasteiger partial charge < -0.3 is 9.64 Å². The van der Waals surface area contributed by atoms with Gasteiger partial charge in [-0.05, 0) is 56.4 Å². The van der Waals surface area contributed by atoms with E-state index >= 15 is 0 Å². The van der Waals surface area contributed by atoms with Crippen LogP contribution in [-0.4, -0.2) is 26.2 Å². The molecule has 0 aromatic heterocycles. The molecular formula is C15H23ClNO+. The number of likely N-dealkylation sites (tertiary alicyclic amines) is 1. The van der Waals surface area contributed by atoms with Crippen LogP contribution in [0.25, 0.3) is 0 Å². The van der Waals surface area contributed by atoms with Crippen molar-refractivity contribution in [2.45, 2.75) is 32.1 Å². The summed E-state index contributed by atoms with van der Waals surface area (Å²) >= 11 is 5.82. The lowest BCUT2D eigenvalue weighted by Gasteiger charge is -2.23. The lowest BCUT2D eigenvalue weighted by Crippen LogP contribution is -3.12. The van der Waals surface area contributed by atoms with Crippen molar-refractivity contribution < 1.29 is 9.64 Å². The van der Waals surface area contributed by atoms with Gasteiger partial charge in [-0.15, -0.1) is 0 Å². The quantitative estimate of drug-likeness (QED) is 0.783. The molecule has 1 heterocycles. The molecule has 1 fully saturated rings. The molecule has 0 aliphatic carbocycles. The first kappa shape index (κ1) is 13.7. The number of ether oxygens (including phenoxy) is 1. The summed E-state index contributed by atoms with van der Waals surface area (Å²) in [6, 6.07) is 7.60. The molecule has 3 heteroatoms. The van der Waals surface area contributed by atoms with E-state index in [1.165, 1.54) is 45.3 Å². The molecule has 2 nitrogen and oxygen atoms in total. The Kier molecular flexibility index (Phi) is 5.82. The van der Waals surface area contributed by atoms with Gasteiger partial charge in [0.15, 0.2) is 0 Å². The Balaban J connectivity index is 1.54. The molecule has 18 heavy (non-hydrogen) atoms. The van der Waals surface area contributed by atoms with E-state index < -0.39 is 0 Å². The summed E-state index contributed by atoms with van der Waals surface area (Å²) in [7, 11) is 0. The molecule has 1 N–H and O–H groups in total. The van der Waals surface area contributed by atoms with Gasteiger partial charge in [-0.25, -0.2) is 0 Å². The molecule has 0 spiro atoms. The van der Waals surface area contributed by atoms with Crippen molar-refractivity contribution in [1.29, 1.82) is 0 Å². The van der Waals surface area contributed by atoms with Crippen LogP contribution in [0.4, 0.5) is 0 Å². The molecule has 0 amide bonds. The summed E-state index contributed by atoms with van der Waals surface area (Å²) < 4.78 is 5.68. The second kappa shape index (κ2) is 7.65. The zero-order chi connectivity index (χ0) is 12.6. The maximum Gasteiger partial charge on any atom is 0.119 e. The predicted molar refractivity (Wildman–Crippen MR) is 75.6 cm³/mol. The normalized spacial score (nSPS) is 16.7. The molecule has 0 radical (unpaired) electrons. The highest BCUT2D eigenvalue weighted by Gasteiger charge is 2.12. The number of hydrogen-bond acceptors (Lipinski definition) is 1. The zero-order valence-corrected chi connectivity index (χ0v) is 11.7. The molecule has 1 saturated heterocycles. The zero-order valence-electron chi connectivity index (χ0n) is 11.0. The van der Waals surface area contributed by atoms with Crippen LogP contribution in [0.1, 0.15) is 32.1 Å². The molecule has 1 aromatic rings. The van der Waals surface area contributed by atoms with Gasteiger partial charge in [0.1, 0.15) is 5.75 Å². The highest BCUT2D eigenvalue weighted by atomic mass is 35.5. The highest BCUT2D eigenvalue weighted by molar-refractivity contribution is 6.30. The summed E-state index contributed by atoms with van der Waals surface area (Å²) in [6.45, 7) is 4.87. The van der Waals surface area contributed by atoms with Crippen molar-refractivity contribution in [1.82, 2.24) is 0 Å². The number of halogens is 1. The number of quaternary nitrogens is 1. The van der Waals surface area contributed by atoms with Crippen molar-refractivity contribution in [3.63, 3.8) is 0 Å². The van der Waals surface area contributed by atoms with Crippen LogP contribution in [0.5, 0.6) is 5.75 Å². The van der Waals surface area contributed by atoms with Gasteiger partial charge >= 0.3 is 0 Å². The van der Waals surface area contributed by atoms with Crippen LogP contribution in [-0.2, 0) is 0 Å². The molecule has 0 saturated carbocycles. The monoisotopic (exact) mass is 268 g/mol. The van der Waals surface area contributed by atoms with Crippen LogP contribution >= 0.6 is 11.6 Å². The first-order valence-corrected chi connectivity index (χ1v) is 7.44. The summed E-state index contributed by atoms with van der Waals surface area (Å²) in [5.74, 6) is 0.921. The largest absolute Gasteiger partial charge is 0.494 e. The molecule has 1 aliphatic heterocycles. The van der Waals surface area contributed by atoms with Gasteiger partial charge in [-0.1, -0.05) is 11.6 Å². The third-order valence-electron chi connectivity index (χ3n) is 3.57. The van der Waals surface area contributed by atoms with Crippen LogP contribution in [0.3, 0.4) is 0 Å². The summed E-state index contributed by atoms with van der Waals surface area (Å²) in [5.41, 5.74) is 0. The standard InChI is InChI=1S/C15H22ClNO/c16-14-6-8-15(9-7-14)18-13-5-4-12-17-10-2-1-3-11-17/h6-9H,1-5,10-13H2/p+1. The number of nitrogens with one attached hydrogen (secondary N) is 1. The number of unbranched alkanes of at least 4 members (excludes halogenated alkanes) is 1. The number of piperidine rings is 1. The number of rotatable bonds is 6. The third-order valence-corrected chi connectivity index (χ3v) is 3.82. The third kappa shape index (κ3) is 4.87. The van der Waals surface area contributed by atoms with Gasteiger partial charge in [0.2, 0.25) is 0 Å². The molecule has 1 aromatic carbocycles. The second-order valence-electron chi connectivity index (χ2n) is 5.07. The van der Waals surface area contributed by atoms with E-state index in [4.69, 9.17) is 16.3 Å². The summed E-state index contributed by atoms with van der Waals surface area (Å²) in [4.78, 5) is 1.78. The molecule has 0 bridgehead atoms. The minimum absolute atomic E-state index is 0.760. The van der Waals surface area contributed by atoms with E-state index in [-0.39, 0.29) is 0 Å². The SMILES string of the molecule is Clc1ccc(OCCCC[NH+]2CCCCC2)cc1. The average molecular weight is 269 g/mol. The van der Waals surface area contributed by atoms with E-state index in [0.29, 0.717) is 0 Å². The Bertz CT molecular complexity index is 333. The van der Waals surface area contributed by atoms with E-state index in [2.05, 4.69) is 0 Å². The molecule has 1 aliphatic rings. The fourth-order valence-electron chi connectivity index (χ4n) is 2.50. The minimum Gasteiger partial charge on any atom is -0.494 e. The van der Waals surface area contributed by atoms with Gasteiger partial charge in [-0.3, -0.25) is 0 Å². The summed E-state index contributed by atoms with van der Waals surface area (Å²) in [5, 5.41) is 0.760. The van der Waals surface area contributed by atoms with Gasteiger partial charge in [0.05, 0.1) is 26.2 Å². The molecule has 100 valence electrons. The van der Waals surface area contributed by atoms with Crippen LogP contribution in [0, 0.1) is 0 Å². The molecular weight excluding hydrogens is 246 g/mol. The molecule has 0 atom stereocenters. The van der Waals surface area contributed by atoms with Crippen molar-refractivity contribution >= 4 is 11.6 Å². The average Bonchev–Trinajstić information content (AvgIpc) is 2.42. The summed E-state index contributed by atoms with van der Waals surface area (Å²) in [6.07, 6.45) is 6.67. The fourth-order valence-corrected chi connectivity index (χ4v) is 2.63. The van der Waals surface area contributed by atoms with Crippen molar-refractivity contribution in [2.75, 3.05) is 26.2 Å². The van der Waals surface area contributed by atoms with E-state index in [1.807, 2.05) is 24.3 Å². The number of benzene rings is 1. The minimum atomic E-state index is 0.760. The van der Waals surface area contributed by atoms with Crippen LogP contribution in [0.15, 0.2) is 24.3 Å². The van der Waals surface area contributed by atoms with Gasteiger partial charge in [0.25, 0.3) is 0 Å². The second-order valence-corrected chi connectivity index (χ2v) is 5.51. The van der Waals surface area contributed by atoms with Gasteiger partial charge in [-0.2, -0.15) is 0 Å². The first-order chi connectivity index (χ1) is 8.84. The highest BCUT2D eigenvalue weighted by Crippen LogP contribution is 2.15. The van der Waals surface area contributed by atoms with Crippen molar-refractivity contribution in [3.8, 4) is 5.75 Å². The Morgan fingerprint density at radius 2 is 1.72 bits per heavy atom. The van der Waals surface area contributed by atoms with Gasteiger partial charge in [0, 0.05) is 5.02 Å². The topological polar surface area (TPSA) is 13.7 Å². The Morgan fingerprint density at radius 3 is 2.44 bits per heavy atom.